The van der Waals surface area contributed by atoms with Gasteiger partial charge < -0.3 is 10.1 Å². The molecule has 0 saturated carbocycles. The van der Waals surface area contributed by atoms with E-state index in [-0.39, 0.29) is 10.9 Å². The molecule has 1 heterocycles. The van der Waals surface area contributed by atoms with Gasteiger partial charge in [-0.15, -0.1) is 0 Å². The second-order valence-electron chi connectivity index (χ2n) is 4.34. The fourth-order valence-electron chi connectivity index (χ4n) is 1.64. The quantitative estimate of drug-likeness (QED) is 0.930. The first-order valence-corrected chi connectivity index (χ1v) is 7.91. The first-order valence-electron chi connectivity index (χ1n) is 6.01. The van der Waals surface area contributed by atoms with E-state index in [4.69, 9.17) is 4.74 Å². The molecule has 6 nitrogen and oxygen atoms in total. The first kappa shape index (κ1) is 15.0. The van der Waals surface area contributed by atoms with Crippen LogP contribution in [-0.2, 0) is 9.84 Å². The average molecular weight is 306 g/mol. The number of methoxy groups -OCH3 is 1. The average Bonchev–Trinajstić information content (AvgIpc) is 2.47. The lowest BCUT2D eigenvalue weighted by atomic mass is 10.2. The maximum Gasteiger partial charge on any atom is 0.255 e. The van der Waals surface area contributed by atoms with Crippen molar-refractivity contribution >= 4 is 21.4 Å². The van der Waals surface area contributed by atoms with Crippen LogP contribution < -0.4 is 10.1 Å². The summed E-state index contributed by atoms with van der Waals surface area (Å²) >= 11 is 0. The standard InChI is InChI=1S/C14H14N2O4S/c1-20-12-5-3-4-10(8-12)14(17)16-11-6-7-13(15-9-11)21(2,18)19/h3-9H,1-2H3,(H,16,17). The van der Waals surface area contributed by atoms with Crippen molar-refractivity contribution in [3.05, 3.63) is 48.2 Å². The van der Waals surface area contributed by atoms with Crippen LogP contribution in [-0.4, -0.2) is 32.7 Å². The van der Waals surface area contributed by atoms with Gasteiger partial charge in [-0.2, -0.15) is 0 Å². The van der Waals surface area contributed by atoms with E-state index in [0.717, 1.165) is 6.26 Å². The summed E-state index contributed by atoms with van der Waals surface area (Å²) < 4.78 is 27.6. The summed E-state index contributed by atoms with van der Waals surface area (Å²) in [6.45, 7) is 0. The number of carbonyl (C=O) groups is 1. The zero-order valence-electron chi connectivity index (χ0n) is 11.5. The van der Waals surface area contributed by atoms with Crippen LogP contribution in [0.4, 0.5) is 5.69 Å². The maximum atomic E-state index is 12.1. The van der Waals surface area contributed by atoms with Crippen LogP contribution >= 0.6 is 0 Å². The van der Waals surface area contributed by atoms with E-state index in [1.807, 2.05) is 0 Å². The SMILES string of the molecule is COc1cccc(C(=O)Nc2ccc(S(C)(=O)=O)nc2)c1. The van der Waals surface area contributed by atoms with Crippen molar-refractivity contribution in [2.45, 2.75) is 5.03 Å². The van der Waals surface area contributed by atoms with Gasteiger partial charge in [-0.05, 0) is 30.3 Å². The number of nitrogens with one attached hydrogen (secondary N) is 1. The predicted octanol–water partition coefficient (Wildman–Crippen LogP) is 1.75. The number of nitrogens with zero attached hydrogens (tertiary/aromatic N) is 1. The second-order valence-corrected chi connectivity index (χ2v) is 6.31. The molecule has 0 aliphatic carbocycles. The van der Waals surface area contributed by atoms with Gasteiger partial charge in [0.15, 0.2) is 14.9 Å². The van der Waals surface area contributed by atoms with Gasteiger partial charge in [0.05, 0.1) is 19.0 Å². The highest BCUT2D eigenvalue weighted by Crippen LogP contribution is 2.15. The summed E-state index contributed by atoms with van der Waals surface area (Å²) in [6, 6.07) is 9.53. The molecule has 0 aliphatic rings. The Bertz CT molecular complexity index is 755. The summed E-state index contributed by atoms with van der Waals surface area (Å²) in [6.07, 6.45) is 2.37. The van der Waals surface area contributed by atoms with E-state index in [9.17, 15) is 13.2 Å². The van der Waals surface area contributed by atoms with Crippen molar-refractivity contribution in [1.29, 1.82) is 0 Å². The summed E-state index contributed by atoms with van der Waals surface area (Å²) in [5.74, 6) is 0.246. The first-order chi connectivity index (χ1) is 9.90. The minimum Gasteiger partial charge on any atom is -0.497 e. The number of amides is 1. The molecule has 1 amide bonds. The molecule has 0 radical (unpaired) electrons. The highest BCUT2D eigenvalue weighted by Gasteiger charge is 2.10. The number of anilines is 1. The molecule has 0 atom stereocenters. The number of carbonyl (C=O) groups excluding carboxylic acids is 1. The van der Waals surface area contributed by atoms with Gasteiger partial charge in [0, 0.05) is 11.8 Å². The Kier molecular flexibility index (Phi) is 4.23. The molecule has 1 N–H and O–H groups in total. The number of ether oxygens (including phenoxy) is 1. The van der Waals surface area contributed by atoms with Crippen LogP contribution in [0.5, 0.6) is 5.75 Å². The van der Waals surface area contributed by atoms with Crippen LogP contribution in [0.2, 0.25) is 0 Å². The predicted molar refractivity (Wildman–Crippen MR) is 78.3 cm³/mol. The third-order valence-corrected chi connectivity index (χ3v) is 3.71. The van der Waals surface area contributed by atoms with Crippen LogP contribution in [0.3, 0.4) is 0 Å². The summed E-state index contributed by atoms with van der Waals surface area (Å²) in [5.41, 5.74) is 0.844. The van der Waals surface area contributed by atoms with E-state index in [1.54, 1.807) is 24.3 Å². The minimum absolute atomic E-state index is 0.0399. The molecular weight excluding hydrogens is 292 g/mol. The number of benzene rings is 1. The van der Waals surface area contributed by atoms with E-state index >= 15 is 0 Å². The topological polar surface area (TPSA) is 85.4 Å². The van der Waals surface area contributed by atoms with Crippen LogP contribution in [0.1, 0.15) is 10.4 Å². The molecule has 0 spiro atoms. The largest absolute Gasteiger partial charge is 0.497 e. The Morgan fingerprint density at radius 2 is 2.00 bits per heavy atom. The van der Waals surface area contributed by atoms with Crippen LogP contribution in [0.25, 0.3) is 0 Å². The Morgan fingerprint density at radius 3 is 2.57 bits per heavy atom. The fraction of sp³-hybridized carbons (Fsp3) is 0.143. The van der Waals surface area contributed by atoms with Crippen LogP contribution in [0.15, 0.2) is 47.6 Å². The molecule has 1 aromatic heterocycles. The van der Waals surface area contributed by atoms with Gasteiger partial charge >= 0.3 is 0 Å². The molecule has 0 saturated heterocycles. The lowest BCUT2D eigenvalue weighted by Gasteiger charge is -2.07. The third kappa shape index (κ3) is 3.79. The normalized spacial score (nSPS) is 11.0. The molecule has 1 aromatic carbocycles. The van der Waals surface area contributed by atoms with Gasteiger partial charge in [0.25, 0.3) is 5.91 Å². The number of aromatic nitrogens is 1. The smallest absolute Gasteiger partial charge is 0.255 e. The van der Waals surface area contributed by atoms with E-state index in [1.165, 1.54) is 25.4 Å². The molecular formula is C14H14N2O4S. The molecule has 2 rings (SSSR count). The highest BCUT2D eigenvalue weighted by atomic mass is 32.2. The Balaban J connectivity index is 2.16. The lowest BCUT2D eigenvalue weighted by molar-refractivity contribution is 0.102. The number of hydrogen-bond donors (Lipinski definition) is 1. The number of pyridine rings is 1. The van der Waals surface area contributed by atoms with Gasteiger partial charge in [0.1, 0.15) is 5.75 Å². The van der Waals surface area contributed by atoms with Crippen molar-refractivity contribution in [3.8, 4) is 5.75 Å². The Hall–Kier alpha value is -2.41. The lowest BCUT2D eigenvalue weighted by Crippen LogP contribution is -2.12. The molecule has 7 heteroatoms. The Morgan fingerprint density at radius 1 is 1.24 bits per heavy atom. The molecule has 21 heavy (non-hydrogen) atoms. The molecule has 2 aromatic rings. The van der Waals surface area contributed by atoms with Crippen LogP contribution in [0, 0.1) is 0 Å². The van der Waals surface area contributed by atoms with Crippen molar-refractivity contribution < 1.29 is 17.9 Å². The zero-order chi connectivity index (χ0) is 15.5. The summed E-state index contributed by atoms with van der Waals surface area (Å²) in [5, 5.41) is 2.60. The summed E-state index contributed by atoms with van der Waals surface area (Å²) in [7, 11) is -1.83. The number of rotatable bonds is 4. The van der Waals surface area contributed by atoms with E-state index in [2.05, 4.69) is 10.3 Å². The van der Waals surface area contributed by atoms with E-state index < -0.39 is 9.84 Å². The molecule has 0 fully saturated rings. The molecule has 110 valence electrons. The van der Waals surface area contributed by atoms with Crippen molar-refractivity contribution in [3.63, 3.8) is 0 Å². The fourth-order valence-corrected chi connectivity index (χ4v) is 2.20. The summed E-state index contributed by atoms with van der Waals surface area (Å²) in [4.78, 5) is 15.9. The van der Waals surface area contributed by atoms with Gasteiger partial charge in [0.2, 0.25) is 0 Å². The number of hydrogen-bond acceptors (Lipinski definition) is 5. The highest BCUT2D eigenvalue weighted by molar-refractivity contribution is 7.90. The van der Waals surface area contributed by atoms with Gasteiger partial charge in [-0.3, -0.25) is 4.79 Å². The van der Waals surface area contributed by atoms with Crippen molar-refractivity contribution in [2.75, 3.05) is 18.7 Å². The molecule has 0 bridgehead atoms. The Labute approximate surface area is 122 Å². The third-order valence-electron chi connectivity index (χ3n) is 2.71. The monoisotopic (exact) mass is 306 g/mol. The molecule has 0 aliphatic heterocycles. The zero-order valence-corrected chi connectivity index (χ0v) is 12.3. The molecule has 0 unspecified atom stereocenters. The maximum absolute atomic E-state index is 12.1. The van der Waals surface area contributed by atoms with E-state index in [0.29, 0.717) is 17.0 Å². The van der Waals surface area contributed by atoms with Gasteiger partial charge in [-0.25, -0.2) is 13.4 Å². The van der Waals surface area contributed by atoms with Gasteiger partial charge in [-0.1, -0.05) is 6.07 Å². The van der Waals surface area contributed by atoms with Crippen molar-refractivity contribution in [1.82, 2.24) is 4.98 Å². The minimum atomic E-state index is -3.35. The second kappa shape index (κ2) is 5.92. The number of sulfone groups is 1. The van der Waals surface area contributed by atoms with Crippen molar-refractivity contribution in [2.24, 2.45) is 0 Å².